The van der Waals surface area contributed by atoms with E-state index >= 15 is 0 Å². The Bertz CT molecular complexity index is 892. The molecule has 0 unspecified atom stereocenters. The highest BCUT2D eigenvalue weighted by Crippen LogP contribution is 2.25. The van der Waals surface area contributed by atoms with E-state index in [0.717, 1.165) is 18.4 Å². The molecule has 0 saturated heterocycles. The first-order chi connectivity index (χ1) is 11.3. The van der Waals surface area contributed by atoms with Gasteiger partial charge in [0, 0.05) is 17.3 Å². The topological polar surface area (TPSA) is 75.3 Å². The third-order valence-electron chi connectivity index (χ3n) is 3.67. The summed E-state index contributed by atoms with van der Waals surface area (Å²) in [7, 11) is -3.83. The van der Waals surface area contributed by atoms with Crippen molar-refractivity contribution in [2.24, 2.45) is 0 Å². The first-order valence-corrected chi connectivity index (χ1v) is 9.41. The summed E-state index contributed by atoms with van der Waals surface area (Å²) in [5.41, 5.74) is 1.60. The van der Waals surface area contributed by atoms with Crippen LogP contribution in [0, 0.1) is 6.92 Å². The molecule has 0 heterocycles. The predicted molar refractivity (Wildman–Crippen MR) is 93.9 cm³/mol. The predicted octanol–water partition coefficient (Wildman–Crippen LogP) is 3.34. The van der Waals surface area contributed by atoms with Gasteiger partial charge in [-0.25, -0.2) is 8.42 Å². The molecule has 5 nitrogen and oxygen atoms in total. The van der Waals surface area contributed by atoms with E-state index in [2.05, 4.69) is 10.0 Å². The van der Waals surface area contributed by atoms with Crippen molar-refractivity contribution < 1.29 is 13.2 Å². The highest BCUT2D eigenvalue weighted by molar-refractivity contribution is 7.92. The van der Waals surface area contributed by atoms with Gasteiger partial charge in [-0.15, -0.1) is 0 Å². The van der Waals surface area contributed by atoms with Gasteiger partial charge in [-0.3, -0.25) is 9.52 Å². The fraction of sp³-hybridized carbons (Fsp3) is 0.235. The van der Waals surface area contributed by atoms with Crippen LogP contribution in [0.5, 0.6) is 0 Å². The van der Waals surface area contributed by atoms with E-state index in [-0.39, 0.29) is 21.9 Å². The van der Waals surface area contributed by atoms with Gasteiger partial charge in [0.2, 0.25) is 0 Å². The van der Waals surface area contributed by atoms with Crippen LogP contribution in [-0.4, -0.2) is 20.4 Å². The van der Waals surface area contributed by atoms with Gasteiger partial charge in [0.15, 0.2) is 0 Å². The molecule has 1 amide bonds. The molecule has 0 bridgehead atoms. The lowest BCUT2D eigenvalue weighted by atomic mass is 10.2. The second kappa shape index (κ2) is 6.45. The first kappa shape index (κ1) is 16.8. The van der Waals surface area contributed by atoms with Gasteiger partial charge in [-0.1, -0.05) is 23.7 Å². The maximum atomic E-state index is 12.5. The van der Waals surface area contributed by atoms with Crippen LogP contribution in [0.25, 0.3) is 0 Å². The fourth-order valence-electron chi connectivity index (χ4n) is 2.25. The van der Waals surface area contributed by atoms with Crippen LogP contribution in [0.4, 0.5) is 5.69 Å². The van der Waals surface area contributed by atoms with Crippen LogP contribution < -0.4 is 10.0 Å². The van der Waals surface area contributed by atoms with E-state index in [4.69, 9.17) is 11.6 Å². The molecule has 24 heavy (non-hydrogen) atoms. The van der Waals surface area contributed by atoms with Crippen molar-refractivity contribution in [3.8, 4) is 0 Å². The van der Waals surface area contributed by atoms with E-state index in [1.165, 1.54) is 12.1 Å². The summed E-state index contributed by atoms with van der Waals surface area (Å²) in [6.45, 7) is 1.83. The number of hydrogen-bond acceptors (Lipinski definition) is 3. The molecule has 0 aromatic heterocycles. The number of amides is 1. The van der Waals surface area contributed by atoms with Gasteiger partial charge in [0.05, 0.1) is 5.02 Å². The Kier molecular flexibility index (Phi) is 4.51. The normalized spacial score (nSPS) is 14.2. The van der Waals surface area contributed by atoms with Gasteiger partial charge in [0.1, 0.15) is 4.90 Å². The third-order valence-corrected chi connectivity index (χ3v) is 5.53. The summed E-state index contributed by atoms with van der Waals surface area (Å²) in [5.74, 6) is -0.202. The minimum absolute atomic E-state index is 0.00241. The van der Waals surface area contributed by atoms with Crippen LogP contribution in [0.2, 0.25) is 5.02 Å². The SMILES string of the molecule is Cc1ccc(S(=O)(=O)Nc2cccc(C(=O)NC3CC3)c2)c(Cl)c1. The molecule has 2 N–H and O–H groups in total. The van der Waals surface area contributed by atoms with E-state index in [9.17, 15) is 13.2 Å². The fourth-order valence-corrected chi connectivity index (χ4v) is 3.90. The van der Waals surface area contributed by atoms with Gasteiger partial charge in [0.25, 0.3) is 15.9 Å². The number of rotatable bonds is 5. The molecule has 1 aliphatic carbocycles. The van der Waals surface area contributed by atoms with Gasteiger partial charge < -0.3 is 5.32 Å². The minimum Gasteiger partial charge on any atom is -0.349 e. The molecule has 0 spiro atoms. The standard InChI is InChI=1S/C17H17ClN2O3S/c1-11-5-8-16(15(18)9-11)24(22,23)20-14-4-2-3-12(10-14)17(21)19-13-6-7-13/h2-5,8-10,13,20H,6-7H2,1H3,(H,19,21). The Labute approximate surface area is 146 Å². The molecule has 0 aliphatic heterocycles. The lowest BCUT2D eigenvalue weighted by Crippen LogP contribution is -2.25. The van der Waals surface area contributed by atoms with Crippen LogP contribution in [0.1, 0.15) is 28.8 Å². The molecular weight excluding hydrogens is 348 g/mol. The number of carbonyl (C=O) groups is 1. The molecule has 1 fully saturated rings. The molecule has 2 aromatic carbocycles. The monoisotopic (exact) mass is 364 g/mol. The van der Waals surface area contributed by atoms with Crippen molar-refractivity contribution in [2.75, 3.05) is 4.72 Å². The molecular formula is C17H17ClN2O3S. The maximum absolute atomic E-state index is 12.5. The van der Waals surface area contributed by atoms with Crippen molar-refractivity contribution >= 4 is 33.2 Å². The largest absolute Gasteiger partial charge is 0.349 e. The third kappa shape index (κ3) is 3.88. The molecule has 1 saturated carbocycles. The average Bonchev–Trinajstić information content (AvgIpc) is 3.30. The molecule has 2 aromatic rings. The second-order valence-corrected chi connectivity index (χ2v) is 7.93. The Morgan fingerprint density at radius 1 is 1.17 bits per heavy atom. The number of nitrogens with one attached hydrogen (secondary N) is 2. The summed E-state index contributed by atoms with van der Waals surface area (Å²) in [5, 5.41) is 3.03. The van der Waals surface area contributed by atoms with Gasteiger partial charge in [-0.2, -0.15) is 0 Å². The van der Waals surface area contributed by atoms with Crippen molar-refractivity contribution in [3.63, 3.8) is 0 Å². The van der Waals surface area contributed by atoms with Gasteiger partial charge >= 0.3 is 0 Å². The highest BCUT2D eigenvalue weighted by atomic mass is 35.5. The Morgan fingerprint density at radius 2 is 1.92 bits per heavy atom. The summed E-state index contributed by atoms with van der Waals surface area (Å²) in [4.78, 5) is 12.1. The summed E-state index contributed by atoms with van der Waals surface area (Å²) < 4.78 is 27.5. The van der Waals surface area contributed by atoms with Crippen molar-refractivity contribution in [1.82, 2.24) is 5.32 Å². The molecule has 126 valence electrons. The van der Waals surface area contributed by atoms with Crippen molar-refractivity contribution in [1.29, 1.82) is 0 Å². The highest BCUT2D eigenvalue weighted by Gasteiger charge is 2.24. The molecule has 1 aliphatic rings. The summed E-state index contributed by atoms with van der Waals surface area (Å²) in [6, 6.07) is 11.4. The Hall–Kier alpha value is -2.05. The number of hydrogen-bond donors (Lipinski definition) is 2. The zero-order chi connectivity index (χ0) is 17.3. The summed E-state index contributed by atoms with van der Waals surface area (Å²) in [6.07, 6.45) is 1.98. The van der Waals surface area contributed by atoms with Crippen LogP contribution in [0.15, 0.2) is 47.4 Å². The molecule has 7 heteroatoms. The Morgan fingerprint density at radius 3 is 2.58 bits per heavy atom. The summed E-state index contributed by atoms with van der Waals surface area (Å²) >= 11 is 6.04. The maximum Gasteiger partial charge on any atom is 0.263 e. The zero-order valence-corrected chi connectivity index (χ0v) is 14.6. The quantitative estimate of drug-likeness (QED) is 0.854. The number of aryl methyl sites for hydroxylation is 1. The average molecular weight is 365 g/mol. The lowest BCUT2D eigenvalue weighted by molar-refractivity contribution is 0.0951. The van der Waals surface area contributed by atoms with E-state index in [0.29, 0.717) is 11.3 Å². The van der Waals surface area contributed by atoms with Crippen molar-refractivity contribution in [2.45, 2.75) is 30.7 Å². The van der Waals surface area contributed by atoms with Crippen molar-refractivity contribution in [3.05, 3.63) is 58.6 Å². The first-order valence-electron chi connectivity index (χ1n) is 7.55. The second-order valence-electron chi connectivity index (χ2n) is 5.87. The van der Waals surface area contributed by atoms with Crippen LogP contribution in [0.3, 0.4) is 0 Å². The van der Waals surface area contributed by atoms with Crippen LogP contribution >= 0.6 is 11.6 Å². The Balaban J connectivity index is 1.83. The van der Waals surface area contributed by atoms with E-state index < -0.39 is 10.0 Å². The van der Waals surface area contributed by atoms with Gasteiger partial charge in [-0.05, 0) is 55.7 Å². The minimum atomic E-state index is -3.83. The molecule has 3 rings (SSSR count). The number of benzene rings is 2. The lowest BCUT2D eigenvalue weighted by Gasteiger charge is -2.11. The zero-order valence-electron chi connectivity index (χ0n) is 13.0. The van der Waals surface area contributed by atoms with E-state index in [1.807, 2.05) is 6.92 Å². The number of sulfonamides is 1. The molecule has 0 radical (unpaired) electrons. The molecule has 0 atom stereocenters. The number of anilines is 1. The number of carbonyl (C=O) groups excluding carboxylic acids is 1. The van der Waals surface area contributed by atoms with E-state index in [1.54, 1.807) is 30.3 Å². The smallest absolute Gasteiger partial charge is 0.263 e. The number of halogens is 1. The van der Waals surface area contributed by atoms with Crippen LogP contribution in [-0.2, 0) is 10.0 Å².